The third-order valence-electron chi connectivity index (χ3n) is 4.64. The number of carbonyl (C=O) groups excluding carboxylic acids is 1. The van der Waals surface area contributed by atoms with Crippen molar-refractivity contribution >= 4 is 33.6 Å². The molecule has 0 spiro atoms. The van der Waals surface area contributed by atoms with Crippen LogP contribution in [0.4, 0.5) is 5.69 Å². The number of aromatic hydroxyl groups is 1. The average Bonchev–Trinajstić information content (AvgIpc) is 2.79. The number of carbonyl (C=O) groups is 1. The smallest absolute Gasteiger partial charge is 0.266 e. The largest absolute Gasteiger partial charge is 0.508 e. The molecule has 0 heterocycles. The second-order valence-electron chi connectivity index (χ2n) is 7.21. The summed E-state index contributed by atoms with van der Waals surface area (Å²) in [6.07, 6.45) is 1.48. The van der Waals surface area contributed by atoms with Gasteiger partial charge in [-0.25, -0.2) is 0 Å². The zero-order valence-electron chi connectivity index (χ0n) is 18.3. The fourth-order valence-corrected chi connectivity index (χ4v) is 3.55. The van der Waals surface area contributed by atoms with Crippen molar-refractivity contribution in [2.24, 2.45) is 0 Å². The van der Waals surface area contributed by atoms with Crippen molar-refractivity contribution in [3.8, 4) is 23.3 Å². The summed E-state index contributed by atoms with van der Waals surface area (Å²) in [5, 5.41) is 21.5. The van der Waals surface area contributed by atoms with Crippen LogP contribution in [0.3, 0.4) is 0 Å². The summed E-state index contributed by atoms with van der Waals surface area (Å²) in [4.78, 5) is 12.5. The Morgan fingerprint density at radius 1 is 1.12 bits per heavy atom. The number of hydrogen-bond acceptors (Lipinski definition) is 5. The zero-order valence-corrected chi connectivity index (χ0v) is 19.8. The highest BCUT2D eigenvalue weighted by Crippen LogP contribution is 2.38. The molecule has 3 aromatic carbocycles. The van der Waals surface area contributed by atoms with Gasteiger partial charge >= 0.3 is 0 Å². The van der Waals surface area contributed by atoms with Gasteiger partial charge in [0, 0.05) is 5.69 Å². The van der Waals surface area contributed by atoms with Crippen LogP contribution in [0.15, 0.2) is 70.7 Å². The van der Waals surface area contributed by atoms with E-state index in [2.05, 4.69) is 21.2 Å². The van der Waals surface area contributed by atoms with Gasteiger partial charge in [0.15, 0.2) is 11.5 Å². The van der Waals surface area contributed by atoms with E-state index in [4.69, 9.17) is 9.47 Å². The molecule has 0 aliphatic rings. The first kappa shape index (κ1) is 23.9. The Kier molecular flexibility index (Phi) is 8.11. The third-order valence-corrected chi connectivity index (χ3v) is 5.23. The lowest BCUT2D eigenvalue weighted by atomic mass is 10.1. The fraction of sp³-hybridized carbons (Fsp3) is 0.154. The topological polar surface area (TPSA) is 91.6 Å². The minimum absolute atomic E-state index is 0.0780. The van der Waals surface area contributed by atoms with Gasteiger partial charge in [-0.3, -0.25) is 4.79 Å². The number of nitrogens with zero attached hydrogens (tertiary/aromatic N) is 1. The van der Waals surface area contributed by atoms with Gasteiger partial charge in [-0.1, -0.05) is 29.8 Å². The van der Waals surface area contributed by atoms with E-state index in [1.54, 1.807) is 24.3 Å². The maximum Gasteiger partial charge on any atom is 0.266 e. The number of anilines is 1. The van der Waals surface area contributed by atoms with Crippen molar-refractivity contribution < 1.29 is 19.4 Å². The van der Waals surface area contributed by atoms with Gasteiger partial charge in [0.2, 0.25) is 0 Å². The number of amides is 1. The van der Waals surface area contributed by atoms with E-state index in [1.165, 1.54) is 23.8 Å². The fourth-order valence-electron chi connectivity index (χ4n) is 2.97. The maximum absolute atomic E-state index is 12.5. The summed E-state index contributed by atoms with van der Waals surface area (Å²) in [6, 6.07) is 19.5. The Morgan fingerprint density at radius 2 is 1.82 bits per heavy atom. The second kappa shape index (κ2) is 11.2. The molecule has 0 fully saturated rings. The minimum Gasteiger partial charge on any atom is -0.508 e. The van der Waals surface area contributed by atoms with Crippen LogP contribution >= 0.6 is 15.9 Å². The molecule has 3 rings (SSSR count). The lowest BCUT2D eigenvalue weighted by Crippen LogP contribution is -2.13. The predicted molar refractivity (Wildman–Crippen MR) is 131 cm³/mol. The average molecular weight is 507 g/mol. The molecule has 0 saturated carbocycles. The van der Waals surface area contributed by atoms with E-state index >= 15 is 0 Å². The molecule has 0 bridgehead atoms. The third kappa shape index (κ3) is 6.61. The molecule has 0 radical (unpaired) electrons. The van der Waals surface area contributed by atoms with Crippen molar-refractivity contribution in [3.63, 3.8) is 0 Å². The van der Waals surface area contributed by atoms with Crippen molar-refractivity contribution in [2.75, 3.05) is 11.9 Å². The van der Waals surface area contributed by atoms with Crippen LogP contribution in [0.2, 0.25) is 0 Å². The number of benzene rings is 3. The number of phenolic OH excluding ortho intramolecular Hbond substituents is 1. The first-order valence-electron chi connectivity index (χ1n) is 10.3. The summed E-state index contributed by atoms with van der Waals surface area (Å²) in [5.74, 6) is 0.571. The van der Waals surface area contributed by atoms with Crippen molar-refractivity contribution in [3.05, 3.63) is 87.4 Å². The second-order valence-corrected chi connectivity index (χ2v) is 8.06. The van der Waals surface area contributed by atoms with Gasteiger partial charge < -0.3 is 19.9 Å². The molecule has 0 saturated heterocycles. The summed E-state index contributed by atoms with van der Waals surface area (Å²) in [5.41, 5.74) is 3.19. The molecule has 0 aliphatic heterocycles. The lowest BCUT2D eigenvalue weighted by Gasteiger charge is -2.15. The summed E-state index contributed by atoms with van der Waals surface area (Å²) >= 11 is 3.52. The first-order chi connectivity index (χ1) is 15.9. The lowest BCUT2D eigenvalue weighted by molar-refractivity contribution is -0.112. The minimum atomic E-state index is -0.558. The molecule has 33 heavy (non-hydrogen) atoms. The monoisotopic (exact) mass is 506 g/mol. The number of hydrogen-bond donors (Lipinski definition) is 2. The standard InChI is InChI=1S/C26H23BrN2O4/c1-3-32-24-14-19(12-20(15-28)26(31)29-21-8-10-22(30)11-9-21)13-23(27)25(24)33-16-18-6-4-17(2)5-7-18/h4-14,30H,3,16H2,1-2H3,(H,29,31)/b20-12-. The molecule has 0 aliphatic carbocycles. The summed E-state index contributed by atoms with van der Waals surface area (Å²) < 4.78 is 12.4. The van der Waals surface area contributed by atoms with Crippen LogP contribution < -0.4 is 14.8 Å². The number of aryl methyl sites for hydroxylation is 1. The summed E-state index contributed by atoms with van der Waals surface area (Å²) in [6.45, 7) is 4.69. The molecule has 1 amide bonds. The Bertz CT molecular complexity index is 1200. The molecule has 7 heteroatoms. The van der Waals surface area contributed by atoms with Crippen LogP contribution in [-0.2, 0) is 11.4 Å². The van der Waals surface area contributed by atoms with Crippen molar-refractivity contribution in [1.82, 2.24) is 0 Å². The van der Waals surface area contributed by atoms with Gasteiger partial charge in [-0.05, 0) is 83.4 Å². The zero-order chi connectivity index (χ0) is 23.8. The highest BCUT2D eigenvalue weighted by Gasteiger charge is 2.15. The highest BCUT2D eigenvalue weighted by atomic mass is 79.9. The van der Waals surface area contributed by atoms with Crippen LogP contribution in [0.25, 0.3) is 6.08 Å². The van der Waals surface area contributed by atoms with Gasteiger partial charge in [0.25, 0.3) is 5.91 Å². The van der Waals surface area contributed by atoms with E-state index < -0.39 is 5.91 Å². The van der Waals surface area contributed by atoms with E-state index in [0.29, 0.717) is 40.4 Å². The van der Waals surface area contributed by atoms with Gasteiger partial charge in [0.05, 0.1) is 11.1 Å². The van der Waals surface area contributed by atoms with Gasteiger partial charge in [0.1, 0.15) is 24.0 Å². The van der Waals surface area contributed by atoms with Gasteiger partial charge in [-0.15, -0.1) is 0 Å². The van der Waals surface area contributed by atoms with E-state index in [0.717, 1.165) is 5.56 Å². The molecule has 168 valence electrons. The number of halogens is 1. The Balaban J connectivity index is 1.83. The predicted octanol–water partition coefficient (Wildman–Crippen LogP) is 5.99. The molecule has 0 aromatic heterocycles. The maximum atomic E-state index is 12.5. The van der Waals surface area contributed by atoms with Gasteiger partial charge in [-0.2, -0.15) is 5.26 Å². The SMILES string of the molecule is CCOc1cc(/C=C(/C#N)C(=O)Nc2ccc(O)cc2)cc(Br)c1OCc1ccc(C)cc1. The van der Waals surface area contributed by atoms with Crippen LogP contribution in [0.5, 0.6) is 17.2 Å². The quantitative estimate of drug-likeness (QED) is 0.222. The highest BCUT2D eigenvalue weighted by molar-refractivity contribution is 9.10. The Labute approximate surface area is 201 Å². The number of phenols is 1. The molecule has 0 unspecified atom stereocenters. The van der Waals surface area contributed by atoms with Crippen LogP contribution in [0.1, 0.15) is 23.6 Å². The Morgan fingerprint density at radius 3 is 2.45 bits per heavy atom. The Hall–Kier alpha value is -3.76. The molecule has 2 N–H and O–H groups in total. The normalized spacial score (nSPS) is 10.9. The molecular weight excluding hydrogens is 484 g/mol. The molecule has 3 aromatic rings. The number of ether oxygens (including phenoxy) is 2. The van der Waals surface area contributed by atoms with Crippen molar-refractivity contribution in [1.29, 1.82) is 5.26 Å². The van der Waals surface area contributed by atoms with Crippen LogP contribution in [0, 0.1) is 18.3 Å². The molecular formula is C26H23BrN2O4. The molecule has 6 nitrogen and oxygen atoms in total. The van der Waals surface area contributed by atoms with Crippen LogP contribution in [-0.4, -0.2) is 17.6 Å². The number of nitriles is 1. The van der Waals surface area contributed by atoms with Crippen molar-refractivity contribution in [2.45, 2.75) is 20.5 Å². The molecule has 0 atom stereocenters. The van der Waals surface area contributed by atoms with E-state index in [9.17, 15) is 15.2 Å². The van der Waals surface area contributed by atoms with E-state index in [1.807, 2.05) is 44.2 Å². The number of rotatable bonds is 8. The number of nitrogens with one attached hydrogen (secondary N) is 1. The summed E-state index contributed by atoms with van der Waals surface area (Å²) in [7, 11) is 0. The van der Waals surface area contributed by atoms with E-state index in [-0.39, 0.29) is 11.3 Å². The first-order valence-corrected chi connectivity index (χ1v) is 11.1.